The fraction of sp³-hybridized carbons (Fsp3) is 0.533. The number of amides is 1. The van der Waals surface area contributed by atoms with E-state index in [1.165, 1.54) is 30.4 Å². The van der Waals surface area contributed by atoms with Gasteiger partial charge in [-0.2, -0.15) is 0 Å². The Kier molecular flexibility index (Phi) is 3.90. The number of likely N-dealkylation sites (N-methyl/N-ethyl adjacent to an activating group) is 1. The Bertz CT molecular complexity index is 440. The minimum Gasteiger partial charge on any atom is -0.374 e. The van der Waals surface area contributed by atoms with Crippen LogP contribution in [0.1, 0.15) is 30.9 Å². The zero-order chi connectivity index (χ0) is 13.1. The molecule has 1 unspecified atom stereocenters. The molecular weight excluding hydrogens is 224 g/mol. The van der Waals surface area contributed by atoms with E-state index in [1.807, 2.05) is 6.92 Å². The third-order valence-electron chi connectivity index (χ3n) is 3.58. The highest BCUT2D eigenvalue weighted by Crippen LogP contribution is 2.28. The van der Waals surface area contributed by atoms with E-state index in [2.05, 4.69) is 23.5 Å². The largest absolute Gasteiger partial charge is 0.374 e. The number of carbonyl (C=O) groups excluding carboxylic acids is 1. The molecule has 2 rings (SSSR count). The highest BCUT2D eigenvalue weighted by atomic mass is 16.2. The minimum absolute atomic E-state index is 0.114. The van der Waals surface area contributed by atoms with Gasteiger partial charge in [0, 0.05) is 19.8 Å². The van der Waals surface area contributed by atoms with Crippen molar-refractivity contribution in [3.8, 4) is 0 Å². The second kappa shape index (κ2) is 5.42. The van der Waals surface area contributed by atoms with E-state index in [0.29, 0.717) is 0 Å². The van der Waals surface area contributed by atoms with Crippen molar-refractivity contribution in [3.05, 3.63) is 29.3 Å². The van der Waals surface area contributed by atoms with Crippen LogP contribution in [0.4, 0.5) is 5.69 Å². The molecule has 0 heterocycles. The molecule has 1 N–H and O–H groups in total. The third-order valence-corrected chi connectivity index (χ3v) is 3.58. The summed E-state index contributed by atoms with van der Waals surface area (Å²) < 4.78 is 0. The fourth-order valence-electron chi connectivity index (χ4n) is 2.60. The average molecular weight is 246 g/mol. The van der Waals surface area contributed by atoms with Crippen molar-refractivity contribution < 1.29 is 4.79 Å². The first-order valence-corrected chi connectivity index (χ1v) is 6.68. The SMILES string of the molecule is CC(Nc1cccc2c1CCCC2)C(=O)N(C)C. The molecule has 0 spiro atoms. The van der Waals surface area contributed by atoms with Crippen LogP contribution in [0.15, 0.2) is 18.2 Å². The first kappa shape index (κ1) is 12.9. The fourth-order valence-corrected chi connectivity index (χ4v) is 2.60. The van der Waals surface area contributed by atoms with Gasteiger partial charge in [-0.1, -0.05) is 12.1 Å². The maximum absolute atomic E-state index is 11.9. The molecule has 0 radical (unpaired) electrons. The highest BCUT2D eigenvalue weighted by Gasteiger charge is 2.18. The van der Waals surface area contributed by atoms with Gasteiger partial charge in [-0.25, -0.2) is 0 Å². The smallest absolute Gasteiger partial charge is 0.244 e. The number of nitrogens with one attached hydrogen (secondary N) is 1. The molecule has 3 heteroatoms. The number of aryl methyl sites for hydroxylation is 1. The van der Waals surface area contributed by atoms with Crippen molar-refractivity contribution in [2.45, 2.75) is 38.6 Å². The number of benzene rings is 1. The summed E-state index contributed by atoms with van der Waals surface area (Å²) in [7, 11) is 3.59. The minimum atomic E-state index is -0.173. The summed E-state index contributed by atoms with van der Waals surface area (Å²) >= 11 is 0. The van der Waals surface area contributed by atoms with Crippen molar-refractivity contribution in [2.75, 3.05) is 19.4 Å². The molecule has 0 saturated carbocycles. The van der Waals surface area contributed by atoms with E-state index < -0.39 is 0 Å². The van der Waals surface area contributed by atoms with Gasteiger partial charge in [-0.05, 0) is 49.8 Å². The molecule has 1 amide bonds. The number of nitrogens with zero attached hydrogens (tertiary/aromatic N) is 1. The molecule has 1 aliphatic rings. The molecule has 1 aliphatic carbocycles. The zero-order valence-corrected chi connectivity index (χ0v) is 11.5. The summed E-state index contributed by atoms with van der Waals surface area (Å²) in [6.07, 6.45) is 4.83. The molecular formula is C15H22N2O. The molecule has 1 aromatic rings. The topological polar surface area (TPSA) is 32.3 Å². The lowest BCUT2D eigenvalue weighted by Crippen LogP contribution is -2.37. The third kappa shape index (κ3) is 2.66. The van der Waals surface area contributed by atoms with E-state index in [9.17, 15) is 4.79 Å². The molecule has 18 heavy (non-hydrogen) atoms. The average Bonchev–Trinajstić information content (AvgIpc) is 2.38. The number of anilines is 1. The van der Waals surface area contributed by atoms with E-state index in [-0.39, 0.29) is 11.9 Å². The van der Waals surface area contributed by atoms with Crippen LogP contribution < -0.4 is 5.32 Å². The van der Waals surface area contributed by atoms with Gasteiger partial charge in [0.1, 0.15) is 6.04 Å². The van der Waals surface area contributed by atoms with Crippen LogP contribution in [0.3, 0.4) is 0 Å². The van der Waals surface area contributed by atoms with Crippen molar-refractivity contribution in [1.29, 1.82) is 0 Å². The Morgan fingerprint density at radius 1 is 1.28 bits per heavy atom. The lowest BCUT2D eigenvalue weighted by molar-refractivity contribution is -0.129. The van der Waals surface area contributed by atoms with Gasteiger partial charge < -0.3 is 10.2 Å². The maximum atomic E-state index is 11.9. The second-order valence-electron chi connectivity index (χ2n) is 5.25. The van der Waals surface area contributed by atoms with Crippen molar-refractivity contribution in [2.24, 2.45) is 0 Å². The Morgan fingerprint density at radius 2 is 2.00 bits per heavy atom. The molecule has 0 fully saturated rings. The Morgan fingerprint density at radius 3 is 2.72 bits per heavy atom. The number of fused-ring (bicyclic) bond motifs is 1. The normalized spacial score (nSPS) is 15.7. The summed E-state index contributed by atoms with van der Waals surface area (Å²) in [6.45, 7) is 1.92. The van der Waals surface area contributed by atoms with Crippen LogP contribution in [-0.2, 0) is 17.6 Å². The molecule has 0 saturated heterocycles. The monoisotopic (exact) mass is 246 g/mol. The Balaban J connectivity index is 2.17. The van der Waals surface area contributed by atoms with Gasteiger partial charge in [0.2, 0.25) is 5.91 Å². The summed E-state index contributed by atoms with van der Waals surface area (Å²) in [5, 5.41) is 3.36. The van der Waals surface area contributed by atoms with E-state index in [1.54, 1.807) is 19.0 Å². The highest BCUT2D eigenvalue weighted by molar-refractivity contribution is 5.84. The number of hydrogen-bond donors (Lipinski definition) is 1. The van der Waals surface area contributed by atoms with Crippen LogP contribution in [0.2, 0.25) is 0 Å². The van der Waals surface area contributed by atoms with Crippen molar-refractivity contribution in [1.82, 2.24) is 4.90 Å². The Hall–Kier alpha value is -1.51. The lowest BCUT2D eigenvalue weighted by Gasteiger charge is -2.24. The molecule has 1 aromatic carbocycles. The Labute approximate surface area is 109 Å². The summed E-state index contributed by atoms with van der Waals surface area (Å²) in [4.78, 5) is 13.5. The number of carbonyl (C=O) groups is 1. The van der Waals surface area contributed by atoms with Crippen LogP contribution in [0, 0.1) is 0 Å². The van der Waals surface area contributed by atoms with Crippen molar-refractivity contribution in [3.63, 3.8) is 0 Å². The van der Waals surface area contributed by atoms with Gasteiger partial charge in [0.25, 0.3) is 0 Å². The maximum Gasteiger partial charge on any atom is 0.244 e. The van der Waals surface area contributed by atoms with Gasteiger partial charge in [0.15, 0.2) is 0 Å². The predicted molar refractivity (Wildman–Crippen MR) is 74.9 cm³/mol. The molecule has 0 aliphatic heterocycles. The molecule has 1 atom stereocenters. The van der Waals surface area contributed by atoms with Crippen LogP contribution in [0.25, 0.3) is 0 Å². The van der Waals surface area contributed by atoms with Crippen LogP contribution in [-0.4, -0.2) is 30.9 Å². The van der Waals surface area contributed by atoms with E-state index in [4.69, 9.17) is 0 Å². The van der Waals surface area contributed by atoms with Crippen molar-refractivity contribution >= 4 is 11.6 Å². The summed E-state index contributed by atoms with van der Waals surface area (Å²) in [6, 6.07) is 6.20. The zero-order valence-electron chi connectivity index (χ0n) is 11.5. The van der Waals surface area contributed by atoms with E-state index in [0.717, 1.165) is 12.1 Å². The van der Waals surface area contributed by atoms with Crippen LogP contribution >= 0.6 is 0 Å². The van der Waals surface area contributed by atoms with Gasteiger partial charge in [0.05, 0.1) is 0 Å². The van der Waals surface area contributed by atoms with E-state index >= 15 is 0 Å². The predicted octanol–water partition coefficient (Wildman–Crippen LogP) is 2.45. The molecule has 0 aromatic heterocycles. The second-order valence-corrected chi connectivity index (χ2v) is 5.25. The molecule has 3 nitrogen and oxygen atoms in total. The summed E-state index contributed by atoms with van der Waals surface area (Å²) in [5.74, 6) is 0.114. The molecule has 0 bridgehead atoms. The van der Waals surface area contributed by atoms with Gasteiger partial charge >= 0.3 is 0 Å². The first-order chi connectivity index (χ1) is 8.59. The van der Waals surface area contributed by atoms with Gasteiger partial charge in [-0.3, -0.25) is 4.79 Å². The lowest BCUT2D eigenvalue weighted by atomic mass is 9.90. The van der Waals surface area contributed by atoms with Gasteiger partial charge in [-0.15, -0.1) is 0 Å². The summed E-state index contributed by atoms with van der Waals surface area (Å²) in [5.41, 5.74) is 3.98. The van der Waals surface area contributed by atoms with Crippen LogP contribution in [0.5, 0.6) is 0 Å². The number of rotatable bonds is 3. The standard InChI is InChI=1S/C15H22N2O/c1-11(15(18)17(2)3)16-14-10-6-8-12-7-4-5-9-13(12)14/h6,8,10-11,16H,4-5,7,9H2,1-3H3. The first-order valence-electron chi connectivity index (χ1n) is 6.68. The molecule has 98 valence electrons. The number of hydrogen-bond acceptors (Lipinski definition) is 2. The quantitative estimate of drug-likeness (QED) is 0.888.